The number of para-hydroxylation sites is 2. The van der Waals surface area contributed by atoms with Crippen LogP contribution in [0.2, 0.25) is 0 Å². The van der Waals surface area contributed by atoms with Gasteiger partial charge in [0.15, 0.2) is 11.6 Å². The quantitative estimate of drug-likeness (QED) is 0.791. The summed E-state index contributed by atoms with van der Waals surface area (Å²) >= 11 is 0. The Morgan fingerprint density at radius 1 is 0.960 bits per heavy atom. The van der Waals surface area contributed by atoms with Gasteiger partial charge < -0.3 is 9.88 Å². The Labute approximate surface area is 145 Å². The molecule has 0 amide bonds. The lowest BCUT2D eigenvalue weighted by Gasteiger charge is -2.21. The van der Waals surface area contributed by atoms with Crippen LogP contribution < -0.4 is 4.90 Å². The van der Waals surface area contributed by atoms with E-state index >= 15 is 0 Å². The summed E-state index contributed by atoms with van der Waals surface area (Å²) in [7, 11) is 0. The van der Waals surface area contributed by atoms with Crippen molar-refractivity contribution in [1.29, 1.82) is 0 Å². The molecule has 1 aromatic heterocycles. The number of aromatic nitrogens is 2. The van der Waals surface area contributed by atoms with Crippen molar-refractivity contribution in [3.05, 3.63) is 59.7 Å². The van der Waals surface area contributed by atoms with Crippen LogP contribution in [0.15, 0.2) is 42.5 Å². The molecule has 0 spiro atoms. The maximum Gasteiger partial charge on any atom is 0.203 e. The van der Waals surface area contributed by atoms with Gasteiger partial charge in [0.2, 0.25) is 5.95 Å². The molecule has 1 fully saturated rings. The van der Waals surface area contributed by atoms with E-state index < -0.39 is 11.6 Å². The van der Waals surface area contributed by atoms with Crippen molar-refractivity contribution in [3.8, 4) is 0 Å². The maximum atomic E-state index is 13.4. The zero-order chi connectivity index (χ0) is 17.2. The number of halogens is 2. The van der Waals surface area contributed by atoms with Gasteiger partial charge in [-0.2, -0.15) is 0 Å². The van der Waals surface area contributed by atoms with Gasteiger partial charge in [-0.15, -0.1) is 0 Å². The van der Waals surface area contributed by atoms with Crippen LogP contribution in [-0.2, 0) is 6.54 Å². The number of H-pyrrole nitrogens is 1. The summed E-state index contributed by atoms with van der Waals surface area (Å²) in [4.78, 5) is 12.6. The molecular weight excluding hydrogens is 322 g/mol. The van der Waals surface area contributed by atoms with Crippen LogP contribution in [-0.4, -0.2) is 41.0 Å². The van der Waals surface area contributed by atoms with Crippen LogP contribution in [0.4, 0.5) is 14.7 Å². The highest BCUT2D eigenvalue weighted by Crippen LogP contribution is 2.19. The highest BCUT2D eigenvalue weighted by Gasteiger charge is 2.18. The topological polar surface area (TPSA) is 35.2 Å². The van der Waals surface area contributed by atoms with Gasteiger partial charge in [-0.25, -0.2) is 13.8 Å². The van der Waals surface area contributed by atoms with Gasteiger partial charge in [0, 0.05) is 32.7 Å². The fraction of sp³-hybridized carbons (Fsp3) is 0.316. The van der Waals surface area contributed by atoms with Gasteiger partial charge >= 0.3 is 0 Å². The molecule has 0 bridgehead atoms. The van der Waals surface area contributed by atoms with Crippen LogP contribution in [0, 0.1) is 11.6 Å². The van der Waals surface area contributed by atoms with E-state index in [1.54, 1.807) is 6.07 Å². The second-order valence-corrected chi connectivity index (χ2v) is 6.44. The zero-order valence-corrected chi connectivity index (χ0v) is 13.9. The minimum absolute atomic E-state index is 0.630. The monoisotopic (exact) mass is 342 g/mol. The highest BCUT2D eigenvalue weighted by atomic mass is 19.2. The predicted molar refractivity (Wildman–Crippen MR) is 94.6 cm³/mol. The summed E-state index contributed by atoms with van der Waals surface area (Å²) in [5, 5.41) is 0. The van der Waals surface area contributed by atoms with Crippen molar-refractivity contribution in [3.63, 3.8) is 0 Å². The molecule has 0 unspecified atom stereocenters. The molecule has 3 aromatic rings. The number of anilines is 1. The van der Waals surface area contributed by atoms with E-state index in [9.17, 15) is 8.78 Å². The van der Waals surface area contributed by atoms with E-state index in [4.69, 9.17) is 0 Å². The summed E-state index contributed by atoms with van der Waals surface area (Å²) in [6.07, 6.45) is 1.00. The van der Waals surface area contributed by atoms with Crippen molar-refractivity contribution < 1.29 is 8.78 Å². The Morgan fingerprint density at radius 3 is 2.68 bits per heavy atom. The smallest absolute Gasteiger partial charge is 0.203 e. The SMILES string of the molecule is Fc1ccc(CN2CCCN(c3nc4ccccc4[nH]3)CC2)cc1F. The van der Waals surface area contributed by atoms with Crippen molar-refractivity contribution >= 4 is 17.0 Å². The summed E-state index contributed by atoms with van der Waals surface area (Å²) in [5.41, 5.74) is 2.82. The summed E-state index contributed by atoms with van der Waals surface area (Å²) in [6, 6.07) is 12.2. The molecule has 1 N–H and O–H groups in total. The van der Waals surface area contributed by atoms with Crippen LogP contribution >= 0.6 is 0 Å². The van der Waals surface area contributed by atoms with Crippen molar-refractivity contribution in [2.24, 2.45) is 0 Å². The third kappa shape index (κ3) is 3.49. The van der Waals surface area contributed by atoms with E-state index in [-0.39, 0.29) is 0 Å². The first-order valence-corrected chi connectivity index (χ1v) is 8.55. The Hall–Kier alpha value is -2.47. The Balaban J connectivity index is 1.43. The lowest BCUT2D eigenvalue weighted by Crippen LogP contribution is -2.31. The van der Waals surface area contributed by atoms with Gasteiger partial charge in [-0.3, -0.25) is 4.90 Å². The number of hydrogen-bond acceptors (Lipinski definition) is 3. The number of nitrogens with zero attached hydrogens (tertiary/aromatic N) is 3. The molecule has 4 nitrogen and oxygen atoms in total. The number of imidazole rings is 1. The third-order valence-electron chi connectivity index (χ3n) is 4.66. The predicted octanol–water partition coefficient (Wildman–Crippen LogP) is 3.55. The molecule has 130 valence electrons. The minimum Gasteiger partial charge on any atom is -0.341 e. The Bertz CT molecular complexity index is 844. The summed E-state index contributed by atoms with van der Waals surface area (Å²) in [5.74, 6) is -0.678. The van der Waals surface area contributed by atoms with Gasteiger partial charge in [-0.05, 0) is 36.2 Å². The fourth-order valence-corrected chi connectivity index (χ4v) is 3.33. The van der Waals surface area contributed by atoms with Gasteiger partial charge in [-0.1, -0.05) is 18.2 Å². The lowest BCUT2D eigenvalue weighted by atomic mass is 10.2. The van der Waals surface area contributed by atoms with Gasteiger partial charge in [0.05, 0.1) is 11.0 Å². The van der Waals surface area contributed by atoms with Crippen molar-refractivity contribution in [2.75, 3.05) is 31.1 Å². The normalized spacial score (nSPS) is 16.3. The first-order chi connectivity index (χ1) is 12.2. The number of rotatable bonds is 3. The van der Waals surface area contributed by atoms with E-state index in [2.05, 4.69) is 19.8 Å². The molecule has 0 saturated carbocycles. The van der Waals surface area contributed by atoms with Crippen LogP contribution in [0.3, 0.4) is 0 Å². The first kappa shape index (κ1) is 16.0. The summed E-state index contributed by atoms with van der Waals surface area (Å²) in [6.45, 7) is 4.19. The molecular formula is C19H20F2N4. The molecule has 1 aliphatic heterocycles. The number of fused-ring (bicyclic) bond motifs is 1. The third-order valence-corrected chi connectivity index (χ3v) is 4.66. The van der Waals surface area contributed by atoms with E-state index in [0.717, 1.165) is 55.1 Å². The van der Waals surface area contributed by atoms with Crippen LogP contribution in [0.25, 0.3) is 11.0 Å². The standard InChI is InChI=1S/C19H20F2N4/c20-15-7-6-14(12-16(15)21)13-24-8-3-9-25(11-10-24)19-22-17-4-1-2-5-18(17)23-19/h1-2,4-7,12H,3,8-11,13H2,(H,22,23). The van der Waals surface area contributed by atoms with Crippen molar-refractivity contribution in [2.45, 2.75) is 13.0 Å². The molecule has 6 heteroatoms. The van der Waals surface area contributed by atoms with E-state index in [0.29, 0.717) is 6.54 Å². The van der Waals surface area contributed by atoms with Crippen LogP contribution in [0.1, 0.15) is 12.0 Å². The minimum atomic E-state index is -0.796. The fourth-order valence-electron chi connectivity index (χ4n) is 3.33. The molecule has 1 saturated heterocycles. The molecule has 0 aliphatic carbocycles. The van der Waals surface area contributed by atoms with E-state index in [1.807, 2.05) is 24.3 Å². The number of benzene rings is 2. The highest BCUT2D eigenvalue weighted by molar-refractivity contribution is 5.77. The largest absolute Gasteiger partial charge is 0.341 e. The average Bonchev–Trinajstić information content (AvgIpc) is 2.91. The molecule has 4 rings (SSSR count). The van der Waals surface area contributed by atoms with Crippen molar-refractivity contribution in [1.82, 2.24) is 14.9 Å². The second-order valence-electron chi connectivity index (χ2n) is 6.44. The van der Waals surface area contributed by atoms with Crippen LogP contribution in [0.5, 0.6) is 0 Å². The number of hydrogen-bond donors (Lipinski definition) is 1. The average molecular weight is 342 g/mol. The molecule has 1 aliphatic rings. The first-order valence-electron chi connectivity index (χ1n) is 8.55. The molecule has 2 heterocycles. The zero-order valence-electron chi connectivity index (χ0n) is 13.9. The Kier molecular flexibility index (Phi) is 4.36. The van der Waals surface area contributed by atoms with E-state index in [1.165, 1.54) is 12.1 Å². The molecule has 25 heavy (non-hydrogen) atoms. The second kappa shape index (κ2) is 6.80. The maximum absolute atomic E-state index is 13.4. The number of nitrogens with one attached hydrogen (secondary N) is 1. The lowest BCUT2D eigenvalue weighted by molar-refractivity contribution is 0.284. The molecule has 0 atom stereocenters. The van der Waals surface area contributed by atoms with Gasteiger partial charge in [0.1, 0.15) is 0 Å². The number of aromatic amines is 1. The van der Waals surface area contributed by atoms with Gasteiger partial charge in [0.25, 0.3) is 0 Å². The Morgan fingerprint density at radius 2 is 1.84 bits per heavy atom. The molecule has 0 radical (unpaired) electrons. The molecule has 2 aromatic carbocycles. The summed E-state index contributed by atoms with van der Waals surface area (Å²) < 4.78 is 26.4.